The highest BCUT2D eigenvalue weighted by Crippen LogP contribution is 2.62. The summed E-state index contributed by atoms with van der Waals surface area (Å²) < 4.78 is 5.48. The van der Waals surface area contributed by atoms with E-state index in [0.29, 0.717) is 6.42 Å². The number of fused-ring (bicyclic) bond motifs is 1. The number of aliphatic carboxylic acids is 1. The molecule has 0 radical (unpaired) electrons. The van der Waals surface area contributed by atoms with Crippen molar-refractivity contribution in [3.05, 3.63) is 24.8 Å². The van der Waals surface area contributed by atoms with Crippen molar-refractivity contribution >= 4 is 11.9 Å². The van der Waals surface area contributed by atoms with E-state index in [-0.39, 0.29) is 23.2 Å². The maximum Gasteiger partial charge on any atom is 0.309 e. The van der Waals surface area contributed by atoms with E-state index >= 15 is 0 Å². The fraction of sp³-hybridized carbons (Fsp3) is 0.727. The van der Waals surface area contributed by atoms with Crippen molar-refractivity contribution in [1.29, 1.82) is 0 Å². The van der Waals surface area contributed by atoms with Crippen LogP contribution in [0.1, 0.15) is 72.6 Å². The lowest BCUT2D eigenvalue weighted by Gasteiger charge is -2.57. The Morgan fingerprint density at radius 1 is 1.38 bits per heavy atom. The van der Waals surface area contributed by atoms with Gasteiger partial charge in [-0.15, -0.1) is 0 Å². The van der Waals surface area contributed by atoms with Crippen molar-refractivity contribution in [2.75, 3.05) is 0 Å². The molecule has 0 unspecified atom stereocenters. The molecule has 2 saturated carbocycles. The molecule has 2 rings (SSSR count). The zero-order valence-corrected chi connectivity index (χ0v) is 16.8. The second-order valence-electron chi connectivity index (χ2n) is 9.03. The van der Waals surface area contributed by atoms with Crippen LogP contribution >= 0.6 is 0 Å². The summed E-state index contributed by atoms with van der Waals surface area (Å²) in [6, 6.07) is 0. The van der Waals surface area contributed by atoms with E-state index in [0.717, 1.165) is 38.5 Å². The van der Waals surface area contributed by atoms with Crippen LogP contribution in [-0.2, 0) is 14.3 Å². The number of esters is 1. The molecule has 0 aromatic carbocycles. The van der Waals surface area contributed by atoms with Gasteiger partial charge in [-0.2, -0.15) is 0 Å². The summed E-state index contributed by atoms with van der Waals surface area (Å²) in [6.45, 7) is 15.6. The molecule has 4 heteroatoms. The van der Waals surface area contributed by atoms with Gasteiger partial charge in [0.1, 0.15) is 5.60 Å². The van der Waals surface area contributed by atoms with Crippen LogP contribution in [0.5, 0.6) is 0 Å². The van der Waals surface area contributed by atoms with E-state index in [1.54, 1.807) is 6.08 Å². The standard InChI is InChI=1S/C22H34O4/c1-7-20(4,26-16(3)23)14-11-17-15(2)9-10-18-21(17,5)12-8-13-22(18,6)19(24)25/h7,17-18H,1-2,8-14H2,3-6H3,(H,24,25)/t17-,18-,20-,21+,22-/m0/s1. The van der Waals surface area contributed by atoms with Crippen LogP contribution in [0, 0.1) is 22.7 Å². The van der Waals surface area contributed by atoms with Crippen molar-refractivity contribution < 1.29 is 19.4 Å². The van der Waals surface area contributed by atoms with Crippen LogP contribution in [0.25, 0.3) is 0 Å². The third-order valence-corrected chi connectivity index (χ3v) is 7.25. The summed E-state index contributed by atoms with van der Waals surface area (Å²) in [4.78, 5) is 23.5. The highest BCUT2D eigenvalue weighted by molar-refractivity contribution is 5.75. The molecule has 1 N–H and O–H groups in total. The molecule has 0 aliphatic heterocycles. The number of carboxylic acid groups (broad SMARTS) is 1. The first-order chi connectivity index (χ1) is 12.0. The molecule has 0 spiro atoms. The number of hydrogen-bond donors (Lipinski definition) is 1. The molecular weight excluding hydrogens is 328 g/mol. The molecule has 0 aromatic rings. The largest absolute Gasteiger partial charge is 0.481 e. The van der Waals surface area contributed by atoms with E-state index in [9.17, 15) is 14.7 Å². The minimum absolute atomic E-state index is 0.0704. The fourth-order valence-corrected chi connectivity index (χ4v) is 5.69. The molecule has 2 aliphatic carbocycles. The maximum atomic E-state index is 12.1. The van der Waals surface area contributed by atoms with E-state index in [4.69, 9.17) is 4.74 Å². The van der Waals surface area contributed by atoms with E-state index in [1.807, 2.05) is 13.8 Å². The number of carbonyl (C=O) groups is 2. The Hall–Kier alpha value is -1.58. The normalized spacial score (nSPS) is 36.5. The number of ether oxygens (including phenoxy) is 1. The average Bonchev–Trinajstić information content (AvgIpc) is 2.53. The fourth-order valence-electron chi connectivity index (χ4n) is 5.69. The molecule has 0 heterocycles. The van der Waals surface area contributed by atoms with Crippen molar-refractivity contribution in [2.45, 2.75) is 78.2 Å². The Kier molecular flexibility index (Phi) is 5.74. The lowest BCUT2D eigenvalue weighted by Crippen LogP contribution is -2.53. The molecule has 0 aromatic heterocycles. The van der Waals surface area contributed by atoms with Crippen molar-refractivity contribution in [2.24, 2.45) is 22.7 Å². The Balaban J connectivity index is 2.27. The number of carboxylic acids is 1. The molecule has 0 amide bonds. The summed E-state index contributed by atoms with van der Waals surface area (Å²) >= 11 is 0. The summed E-state index contributed by atoms with van der Waals surface area (Å²) in [5.74, 6) is -0.582. The van der Waals surface area contributed by atoms with E-state index in [2.05, 4.69) is 20.1 Å². The molecule has 5 atom stereocenters. The highest BCUT2D eigenvalue weighted by atomic mass is 16.6. The Labute approximate surface area is 157 Å². The predicted molar refractivity (Wildman–Crippen MR) is 103 cm³/mol. The van der Waals surface area contributed by atoms with Gasteiger partial charge in [-0.05, 0) is 75.7 Å². The molecule has 4 nitrogen and oxygen atoms in total. The lowest BCUT2D eigenvalue weighted by atomic mass is 9.46. The molecule has 2 fully saturated rings. The second kappa shape index (κ2) is 7.21. The summed E-state index contributed by atoms with van der Waals surface area (Å²) in [7, 11) is 0. The van der Waals surface area contributed by atoms with Gasteiger partial charge in [0.2, 0.25) is 0 Å². The van der Waals surface area contributed by atoms with Gasteiger partial charge in [-0.3, -0.25) is 9.59 Å². The third-order valence-electron chi connectivity index (χ3n) is 7.25. The Morgan fingerprint density at radius 2 is 2.04 bits per heavy atom. The van der Waals surface area contributed by atoms with Gasteiger partial charge in [0.25, 0.3) is 0 Å². The number of hydrogen-bond acceptors (Lipinski definition) is 3. The first-order valence-corrected chi connectivity index (χ1v) is 9.73. The maximum absolute atomic E-state index is 12.1. The van der Waals surface area contributed by atoms with Gasteiger partial charge in [0.05, 0.1) is 5.41 Å². The first-order valence-electron chi connectivity index (χ1n) is 9.73. The summed E-state index contributed by atoms with van der Waals surface area (Å²) in [5, 5.41) is 9.91. The van der Waals surface area contributed by atoms with Crippen LogP contribution < -0.4 is 0 Å². The SMILES string of the molecule is C=C[C@@](C)(CC[C@H]1C(=C)CC[C@H]2[C@]1(C)CCC[C@]2(C)C(=O)O)OC(C)=O. The van der Waals surface area contributed by atoms with Crippen molar-refractivity contribution in [1.82, 2.24) is 0 Å². The van der Waals surface area contributed by atoms with Crippen molar-refractivity contribution in [3.63, 3.8) is 0 Å². The quantitative estimate of drug-likeness (QED) is 0.525. The summed E-state index contributed by atoms with van der Waals surface area (Å²) in [5.41, 5.74) is -0.212. The van der Waals surface area contributed by atoms with Gasteiger partial charge in [0, 0.05) is 6.92 Å². The monoisotopic (exact) mass is 362 g/mol. The molecule has 0 bridgehead atoms. The first kappa shape index (κ1) is 20.7. The number of rotatable bonds is 6. The zero-order chi connectivity index (χ0) is 19.8. The number of allylic oxidation sites excluding steroid dienone is 1. The second-order valence-corrected chi connectivity index (χ2v) is 9.03. The highest BCUT2D eigenvalue weighted by Gasteiger charge is 2.57. The van der Waals surface area contributed by atoms with Crippen LogP contribution in [0.15, 0.2) is 24.8 Å². The average molecular weight is 363 g/mol. The van der Waals surface area contributed by atoms with Gasteiger partial charge in [0.15, 0.2) is 0 Å². The smallest absolute Gasteiger partial charge is 0.309 e. The molecule has 26 heavy (non-hydrogen) atoms. The molecule has 0 saturated heterocycles. The lowest BCUT2D eigenvalue weighted by molar-refractivity contribution is -0.165. The van der Waals surface area contributed by atoms with E-state index < -0.39 is 17.0 Å². The van der Waals surface area contributed by atoms with Crippen LogP contribution in [0.2, 0.25) is 0 Å². The zero-order valence-electron chi connectivity index (χ0n) is 16.8. The van der Waals surface area contributed by atoms with Gasteiger partial charge in [-0.1, -0.05) is 32.1 Å². The van der Waals surface area contributed by atoms with Crippen LogP contribution in [0.4, 0.5) is 0 Å². The number of carbonyl (C=O) groups excluding carboxylic acids is 1. The minimum atomic E-state index is -0.694. The summed E-state index contributed by atoms with van der Waals surface area (Å²) in [6.07, 6.45) is 7.69. The van der Waals surface area contributed by atoms with Gasteiger partial charge >= 0.3 is 11.9 Å². The Bertz CT molecular complexity index is 609. The molecular formula is C22H34O4. The van der Waals surface area contributed by atoms with Crippen LogP contribution in [0.3, 0.4) is 0 Å². The van der Waals surface area contributed by atoms with E-state index in [1.165, 1.54) is 12.5 Å². The van der Waals surface area contributed by atoms with Gasteiger partial charge < -0.3 is 9.84 Å². The molecule has 146 valence electrons. The Morgan fingerprint density at radius 3 is 2.58 bits per heavy atom. The van der Waals surface area contributed by atoms with Crippen LogP contribution in [-0.4, -0.2) is 22.6 Å². The topological polar surface area (TPSA) is 63.6 Å². The predicted octanol–water partition coefficient (Wildman–Crippen LogP) is 5.14. The minimum Gasteiger partial charge on any atom is -0.481 e. The molecule has 2 aliphatic rings. The van der Waals surface area contributed by atoms with Gasteiger partial charge in [-0.25, -0.2) is 0 Å². The van der Waals surface area contributed by atoms with Crippen molar-refractivity contribution in [3.8, 4) is 0 Å². The third kappa shape index (κ3) is 3.60.